The fourth-order valence-electron chi connectivity index (χ4n) is 1.31. The molecular formula is C11H9BrClN5O. The van der Waals surface area contributed by atoms with Crippen LogP contribution in [0, 0.1) is 0 Å². The highest BCUT2D eigenvalue weighted by molar-refractivity contribution is 9.10. The molecule has 98 valence electrons. The third kappa shape index (κ3) is 3.40. The van der Waals surface area contributed by atoms with Crippen LogP contribution < -0.4 is 16.6 Å². The Balaban J connectivity index is 2.15. The molecule has 1 heterocycles. The fraction of sp³-hybridized carbons (Fsp3) is 0. The molecule has 1 amide bonds. The molecule has 0 fully saturated rings. The molecule has 4 N–H and O–H groups in total. The number of carbonyl (C=O) groups excluding carboxylic acids is 1. The second kappa shape index (κ2) is 5.96. The summed E-state index contributed by atoms with van der Waals surface area (Å²) >= 11 is 9.29. The average Bonchev–Trinajstić information content (AvgIpc) is 2.42. The van der Waals surface area contributed by atoms with Gasteiger partial charge in [0.2, 0.25) is 0 Å². The molecule has 1 aromatic carbocycles. The van der Waals surface area contributed by atoms with E-state index in [1.165, 1.54) is 6.07 Å². The summed E-state index contributed by atoms with van der Waals surface area (Å²) in [4.78, 5) is 11.9. The number of hydrogen-bond donors (Lipinski definition) is 3. The Hall–Kier alpha value is -1.70. The lowest BCUT2D eigenvalue weighted by Gasteiger charge is -2.07. The predicted octanol–water partition coefficient (Wildman–Crippen LogP) is 2.43. The topological polar surface area (TPSA) is 92.9 Å². The molecule has 0 saturated carbocycles. The van der Waals surface area contributed by atoms with E-state index in [1.807, 2.05) is 0 Å². The van der Waals surface area contributed by atoms with Crippen molar-refractivity contribution < 1.29 is 4.79 Å². The monoisotopic (exact) mass is 341 g/mol. The molecule has 0 atom stereocenters. The maximum Gasteiger partial charge on any atom is 0.276 e. The van der Waals surface area contributed by atoms with Gasteiger partial charge in [-0.05, 0) is 30.3 Å². The molecule has 0 radical (unpaired) electrons. The third-order valence-corrected chi connectivity index (χ3v) is 3.03. The molecule has 0 saturated heterocycles. The Kier molecular flexibility index (Phi) is 4.31. The van der Waals surface area contributed by atoms with Crippen molar-refractivity contribution in [3.8, 4) is 0 Å². The van der Waals surface area contributed by atoms with E-state index in [1.54, 1.807) is 24.3 Å². The first-order chi connectivity index (χ1) is 9.10. The van der Waals surface area contributed by atoms with Crippen LogP contribution in [0.2, 0.25) is 5.02 Å². The second-order valence-electron chi connectivity index (χ2n) is 3.53. The quantitative estimate of drug-likeness (QED) is 0.588. The van der Waals surface area contributed by atoms with Gasteiger partial charge in [-0.25, -0.2) is 5.84 Å². The van der Waals surface area contributed by atoms with Crippen molar-refractivity contribution in [2.24, 2.45) is 5.84 Å². The second-order valence-corrected chi connectivity index (χ2v) is 4.85. The van der Waals surface area contributed by atoms with E-state index in [9.17, 15) is 4.79 Å². The summed E-state index contributed by atoms with van der Waals surface area (Å²) < 4.78 is 0.827. The lowest BCUT2D eigenvalue weighted by atomic mass is 10.3. The molecule has 0 aliphatic carbocycles. The molecule has 8 heteroatoms. The molecule has 0 bridgehead atoms. The first-order valence-electron chi connectivity index (χ1n) is 5.17. The van der Waals surface area contributed by atoms with Crippen molar-refractivity contribution in [1.29, 1.82) is 0 Å². The summed E-state index contributed by atoms with van der Waals surface area (Å²) in [5.74, 6) is 5.13. The van der Waals surface area contributed by atoms with Gasteiger partial charge in [0.15, 0.2) is 11.5 Å². The van der Waals surface area contributed by atoms with Crippen LogP contribution in [0.5, 0.6) is 0 Å². The molecule has 2 aromatic rings. The van der Waals surface area contributed by atoms with Gasteiger partial charge in [0, 0.05) is 4.47 Å². The molecule has 1 aromatic heterocycles. The first kappa shape index (κ1) is 13.7. The fourth-order valence-corrected chi connectivity index (χ4v) is 2.03. The zero-order valence-electron chi connectivity index (χ0n) is 9.52. The van der Waals surface area contributed by atoms with Crippen molar-refractivity contribution in [3.05, 3.63) is 45.5 Å². The normalized spacial score (nSPS) is 10.1. The maximum atomic E-state index is 11.9. The van der Waals surface area contributed by atoms with Gasteiger partial charge < -0.3 is 10.7 Å². The number of nitrogens with two attached hydrogens (primary N) is 1. The molecule has 19 heavy (non-hydrogen) atoms. The van der Waals surface area contributed by atoms with Gasteiger partial charge >= 0.3 is 0 Å². The Morgan fingerprint density at radius 2 is 2.05 bits per heavy atom. The molecular weight excluding hydrogens is 334 g/mol. The largest absolute Gasteiger partial charge is 0.319 e. The number of nitrogens with one attached hydrogen (secondary N) is 2. The molecule has 6 nitrogen and oxygen atoms in total. The van der Waals surface area contributed by atoms with E-state index in [0.29, 0.717) is 16.5 Å². The zero-order chi connectivity index (χ0) is 13.8. The summed E-state index contributed by atoms with van der Waals surface area (Å²) in [7, 11) is 0. The van der Waals surface area contributed by atoms with E-state index in [2.05, 4.69) is 36.9 Å². The van der Waals surface area contributed by atoms with Crippen LogP contribution in [-0.2, 0) is 0 Å². The van der Waals surface area contributed by atoms with Crippen LogP contribution in [0.1, 0.15) is 10.5 Å². The summed E-state index contributed by atoms with van der Waals surface area (Å²) in [6.07, 6.45) is 0. The van der Waals surface area contributed by atoms with E-state index in [0.717, 1.165) is 4.47 Å². The van der Waals surface area contributed by atoms with Crippen LogP contribution in [0.4, 0.5) is 11.5 Å². The SMILES string of the molecule is NNc1ccc(C(=O)Nc2ccc(Br)cc2Cl)nn1. The van der Waals surface area contributed by atoms with Crippen LogP contribution in [0.25, 0.3) is 0 Å². The van der Waals surface area contributed by atoms with E-state index < -0.39 is 5.91 Å². The third-order valence-electron chi connectivity index (χ3n) is 2.22. The maximum absolute atomic E-state index is 11.9. The van der Waals surface area contributed by atoms with Crippen LogP contribution in [-0.4, -0.2) is 16.1 Å². The number of hydrazine groups is 1. The molecule has 0 unspecified atom stereocenters. The minimum absolute atomic E-state index is 0.165. The summed E-state index contributed by atoms with van der Waals surface area (Å²) in [6, 6.07) is 8.20. The number of halogens is 2. The number of amides is 1. The van der Waals surface area contributed by atoms with Gasteiger partial charge in [-0.3, -0.25) is 4.79 Å². The Morgan fingerprint density at radius 1 is 1.26 bits per heavy atom. The summed E-state index contributed by atoms with van der Waals surface area (Å²) in [5.41, 5.74) is 2.99. The standard InChI is InChI=1S/C11H9BrClN5O/c12-6-1-2-8(7(13)5-6)15-11(19)9-3-4-10(16-14)18-17-9/h1-5H,14H2,(H,15,19)(H,16,18). The van der Waals surface area contributed by atoms with Gasteiger partial charge in [0.1, 0.15) is 0 Å². The van der Waals surface area contributed by atoms with Gasteiger partial charge in [-0.15, -0.1) is 10.2 Å². The number of anilines is 2. The molecule has 0 aliphatic heterocycles. The minimum atomic E-state index is -0.403. The average molecular weight is 343 g/mol. The Bertz CT molecular complexity index is 605. The highest BCUT2D eigenvalue weighted by atomic mass is 79.9. The highest BCUT2D eigenvalue weighted by Crippen LogP contribution is 2.25. The number of rotatable bonds is 3. The molecule has 0 aliphatic rings. The van der Waals surface area contributed by atoms with Crippen LogP contribution in [0.15, 0.2) is 34.8 Å². The Morgan fingerprint density at radius 3 is 2.63 bits per heavy atom. The van der Waals surface area contributed by atoms with Gasteiger partial charge in [0.25, 0.3) is 5.91 Å². The van der Waals surface area contributed by atoms with E-state index in [4.69, 9.17) is 17.4 Å². The van der Waals surface area contributed by atoms with Gasteiger partial charge in [-0.2, -0.15) is 0 Å². The lowest BCUT2D eigenvalue weighted by Crippen LogP contribution is -2.16. The first-order valence-corrected chi connectivity index (χ1v) is 6.34. The smallest absolute Gasteiger partial charge is 0.276 e. The van der Waals surface area contributed by atoms with E-state index >= 15 is 0 Å². The van der Waals surface area contributed by atoms with Crippen LogP contribution >= 0.6 is 27.5 Å². The number of carbonyl (C=O) groups is 1. The zero-order valence-corrected chi connectivity index (χ0v) is 11.9. The number of nitrogen functional groups attached to an aromatic ring is 1. The van der Waals surface area contributed by atoms with Gasteiger partial charge in [-0.1, -0.05) is 27.5 Å². The van der Waals surface area contributed by atoms with Crippen LogP contribution in [0.3, 0.4) is 0 Å². The Labute approximate surface area is 122 Å². The van der Waals surface area contributed by atoms with Crippen molar-refractivity contribution in [3.63, 3.8) is 0 Å². The highest BCUT2D eigenvalue weighted by Gasteiger charge is 2.10. The minimum Gasteiger partial charge on any atom is -0.319 e. The predicted molar refractivity (Wildman–Crippen MR) is 76.9 cm³/mol. The van der Waals surface area contributed by atoms with Crippen molar-refractivity contribution in [2.45, 2.75) is 0 Å². The lowest BCUT2D eigenvalue weighted by molar-refractivity contribution is 0.102. The summed E-state index contributed by atoms with van der Waals surface area (Å²) in [5, 5.41) is 10.5. The van der Waals surface area contributed by atoms with Gasteiger partial charge in [0.05, 0.1) is 10.7 Å². The van der Waals surface area contributed by atoms with Crippen molar-refractivity contribution in [1.82, 2.24) is 10.2 Å². The summed E-state index contributed by atoms with van der Waals surface area (Å²) in [6.45, 7) is 0. The van der Waals surface area contributed by atoms with Crippen molar-refractivity contribution in [2.75, 3.05) is 10.7 Å². The van der Waals surface area contributed by atoms with E-state index in [-0.39, 0.29) is 5.69 Å². The van der Waals surface area contributed by atoms with Crippen molar-refractivity contribution >= 4 is 44.9 Å². The number of benzene rings is 1. The number of nitrogens with zero attached hydrogens (tertiary/aromatic N) is 2. The molecule has 2 rings (SSSR count). The molecule has 0 spiro atoms. The number of aromatic nitrogens is 2. The number of hydrogen-bond acceptors (Lipinski definition) is 5.